The monoisotopic (exact) mass is 181 g/mol. The predicted octanol–water partition coefficient (Wildman–Crippen LogP) is -0.394. The summed E-state index contributed by atoms with van der Waals surface area (Å²) >= 11 is 0. The summed E-state index contributed by atoms with van der Waals surface area (Å²) in [6.45, 7) is 3.11. The Morgan fingerprint density at radius 2 is 2.15 bits per heavy atom. The highest BCUT2D eigenvalue weighted by atomic mass is 16.5. The summed E-state index contributed by atoms with van der Waals surface area (Å²) in [5.41, 5.74) is -0.169. The molecular weight excluding hydrogens is 170 g/mol. The molecule has 0 aromatic carbocycles. The Bertz CT molecular complexity index is 310. The molecule has 0 amide bonds. The van der Waals surface area contributed by atoms with E-state index in [1.54, 1.807) is 6.07 Å². The maximum atomic E-state index is 10.7. The summed E-state index contributed by atoms with van der Waals surface area (Å²) in [6, 6.07) is 3.21. The fourth-order valence-corrected chi connectivity index (χ4v) is 1.31. The van der Waals surface area contributed by atoms with E-state index in [0.29, 0.717) is 0 Å². The second-order valence-electron chi connectivity index (χ2n) is 2.88. The molecule has 2 rings (SSSR count). The first-order chi connectivity index (χ1) is 6.36. The third-order valence-corrected chi connectivity index (χ3v) is 2.00. The summed E-state index contributed by atoms with van der Waals surface area (Å²) in [4.78, 5) is 12.8. The number of anilines is 1. The number of morpholine rings is 1. The van der Waals surface area contributed by atoms with Crippen LogP contribution in [0.2, 0.25) is 0 Å². The normalized spacial score (nSPS) is 17.4. The minimum Gasteiger partial charge on any atom is -0.378 e. The van der Waals surface area contributed by atoms with Gasteiger partial charge in [-0.1, -0.05) is 0 Å². The van der Waals surface area contributed by atoms with E-state index in [0.717, 1.165) is 32.1 Å². The van der Waals surface area contributed by atoms with Crippen molar-refractivity contribution in [1.82, 2.24) is 10.2 Å². The predicted molar refractivity (Wildman–Crippen MR) is 47.9 cm³/mol. The van der Waals surface area contributed by atoms with Crippen molar-refractivity contribution >= 4 is 5.82 Å². The van der Waals surface area contributed by atoms with Gasteiger partial charge in [0.1, 0.15) is 5.82 Å². The molecule has 0 unspecified atom stereocenters. The van der Waals surface area contributed by atoms with Gasteiger partial charge in [0.15, 0.2) is 0 Å². The first-order valence-electron chi connectivity index (χ1n) is 4.25. The fraction of sp³-hybridized carbons (Fsp3) is 0.500. The molecule has 1 aliphatic rings. The van der Waals surface area contributed by atoms with Gasteiger partial charge in [-0.15, -0.1) is 0 Å². The van der Waals surface area contributed by atoms with Crippen LogP contribution in [0.5, 0.6) is 0 Å². The van der Waals surface area contributed by atoms with Gasteiger partial charge in [-0.25, -0.2) is 5.10 Å². The Morgan fingerprint density at radius 3 is 2.77 bits per heavy atom. The van der Waals surface area contributed by atoms with E-state index in [9.17, 15) is 4.79 Å². The Hall–Kier alpha value is -1.36. The molecule has 0 radical (unpaired) electrons. The highest BCUT2D eigenvalue weighted by Gasteiger charge is 2.11. The van der Waals surface area contributed by atoms with E-state index in [-0.39, 0.29) is 5.56 Å². The summed E-state index contributed by atoms with van der Waals surface area (Å²) in [7, 11) is 0. The molecule has 0 spiro atoms. The zero-order chi connectivity index (χ0) is 9.10. The van der Waals surface area contributed by atoms with Gasteiger partial charge in [0.2, 0.25) is 0 Å². The Morgan fingerprint density at radius 1 is 1.38 bits per heavy atom. The van der Waals surface area contributed by atoms with Crippen molar-refractivity contribution in [2.45, 2.75) is 0 Å². The second-order valence-corrected chi connectivity index (χ2v) is 2.88. The van der Waals surface area contributed by atoms with E-state index in [4.69, 9.17) is 4.74 Å². The van der Waals surface area contributed by atoms with E-state index in [1.807, 2.05) is 0 Å². The molecule has 1 aliphatic heterocycles. The molecule has 5 heteroatoms. The number of ether oxygens (including phenoxy) is 1. The molecule has 13 heavy (non-hydrogen) atoms. The van der Waals surface area contributed by atoms with Gasteiger partial charge in [0.05, 0.1) is 13.2 Å². The lowest BCUT2D eigenvalue weighted by Gasteiger charge is -2.27. The van der Waals surface area contributed by atoms with Gasteiger partial charge >= 0.3 is 0 Å². The quantitative estimate of drug-likeness (QED) is 0.640. The zero-order valence-corrected chi connectivity index (χ0v) is 7.19. The lowest BCUT2D eigenvalue weighted by molar-refractivity contribution is 0.122. The minimum atomic E-state index is -0.169. The first-order valence-corrected chi connectivity index (χ1v) is 4.25. The van der Waals surface area contributed by atoms with Gasteiger partial charge in [-0.2, -0.15) is 5.10 Å². The van der Waals surface area contributed by atoms with Crippen molar-refractivity contribution in [2.24, 2.45) is 0 Å². The number of nitrogens with one attached hydrogen (secondary N) is 1. The second kappa shape index (κ2) is 3.57. The number of hydrogen-bond donors (Lipinski definition) is 1. The van der Waals surface area contributed by atoms with Crippen LogP contribution in [0, 0.1) is 0 Å². The average Bonchev–Trinajstić information content (AvgIpc) is 2.20. The number of hydrogen-bond acceptors (Lipinski definition) is 4. The van der Waals surface area contributed by atoms with Crippen LogP contribution in [-0.4, -0.2) is 36.5 Å². The number of nitrogens with zero attached hydrogens (tertiary/aromatic N) is 2. The van der Waals surface area contributed by atoms with Gasteiger partial charge in [-0.3, -0.25) is 4.79 Å². The van der Waals surface area contributed by atoms with Crippen LogP contribution < -0.4 is 10.5 Å². The number of aromatic amines is 1. The standard InChI is InChI=1S/C8H11N3O2/c12-8-2-1-7(9-10-8)11-3-5-13-6-4-11/h1-2H,3-6H2,(H,10,12). The molecule has 0 atom stereocenters. The Kier molecular flexibility index (Phi) is 2.27. The van der Waals surface area contributed by atoms with Gasteiger partial charge in [0, 0.05) is 19.2 Å². The topological polar surface area (TPSA) is 58.2 Å². The van der Waals surface area contributed by atoms with Crippen LogP contribution >= 0.6 is 0 Å². The SMILES string of the molecule is O=c1ccc(N2CCOCC2)n[nH]1. The number of rotatable bonds is 1. The third-order valence-electron chi connectivity index (χ3n) is 2.00. The summed E-state index contributed by atoms with van der Waals surface area (Å²) in [5.74, 6) is 0.808. The van der Waals surface area contributed by atoms with Crippen molar-refractivity contribution in [3.8, 4) is 0 Å². The van der Waals surface area contributed by atoms with Gasteiger partial charge in [0.25, 0.3) is 5.56 Å². The van der Waals surface area contributed by atoms with Crippen molar-refractivity contribution < 1.29 is 4.74 Å². The molecule has 5 nitrogen and oxygen atoms in total. The van der Waals surface area contributed by atoms with E-state index < -0.39 is 0 Å². The van der Waals surface area contributed by atoms with Crippen LogP contribution in [0.3, 0.4) is 0 Å². The van der Waals surface area contributed by atoms with Gasteiger partial charge in [-0.05, 0) is 6.07 Å². The maximum Gasteiger partial charge on any atom is 0.264 e. The van der Waals surface area contributed by atoms with Crippen molar-refractivity contribution in [1.29, 1.82) is 0 Å². The molecule has 70 valence electrons. The molecule has 1 aromatic rings. The maximum absolute atomic E-state index is 10.7. The fourth-order valence-electron chi connectivity index (χ4n) is 1.31. The van der Waals surface area contributed by atoms with Crippen LogP contribution in [0.4, 0.5) is 5.82 Å². The lowest BCUT2D eigenvalue weighted by Crippen LogP contribution is -2.37. The molecule has 0 aliphatic carbocycles. The first kappa shape index (κ1) is 8.25. The molecule has 0 bridgehead atoms. The number of H-pyrrole nitrogens is 1. The average molecular weight is 181 g/mol. The summed E-state index contributed by atoms with van der Waals surface area (Å²) < 4.78 is 5.20. The molecule has 1 N–H and O–H groups in total. The van der Waals surface area contributed by atoms with Crippen LogP contribution in [0.15, 0.2) is 16.9 Å². The van der Waals surface area contributed by atoms with Crippen molar-refractivity contribution in [3.63, 3.8) is 0 Å². The zero-order valence-electron chi connectivity index (χ0n) is 7.19. The van der Waals surface area contributed by atoms with Crippen LogP contribution in [0.1, 0.15) is 0 Å². The highest BCUT2D eigenvalue weighted by molar-refractivity contribution is 5.36. The Labute approximate surface area is 75.3 Å². The largest absolute Gasteiger partial charge is 0.378 e. The molecule has 1 saturated heterocycles. The lowest BCUT2D eigenvalue weighted by atomic mass is 10.4. The van der Waals surface area contributed by atoms with E-state index >= 15 is 0 Å². The summed E-state index contributed by atoms with van der Waals surface area (Å²) in [6.07, 6.45) is 0. The van der Waals surface area contributed by atoms with Crippen molar-refractivity contribution in [3.05, 3.63) is 22.5 Å². The summed E-state index contributed by atoms with van der Waals surface area (Å²) in [5, 5.41) is 6.34. The van der Waals surface area contributed by atoms with E-state index in [1.165, 1.54) is 6.07 Å². The highest BCUT2D eigenvalue weighted by Crippen LogP contribution is 2.08. The minimum absolute atomic E-state index is 0.169. The molecule has 1 aromatic heterocycles. The number of aromatic nitrogens is 2. The van der Waals surface area contributed by atoms with Crippen LogP contribution in [0.25, 0.3) is 0 Å². The van der Waals surface area contributed by atoms with Gasteiger partial charge < -0.3 is 9.64 Å². The smallest absolute Gasteiger partial charge is 0.264 e. The Balaban J connectivity index is 2.14. The molecule has 1 fully saturated rings. The van der Waals surface area contributed by atoms with Crippen molar-refractivity contribution in [2.75, 3.05) is 31.2 Å². The van der Waals surface area contributed by atoms with E-state index in [2.05, 4.69) is 15.1 Å². The molecule has 0 saturated carbocycles. The molecular formula is C8H11N3O2. The molecule has 2 heterocycles. The third kappa shape index (κ3) is 1.86. The van der Waals surface area contributed by atoms with Crippen LogP contribution in [-0.2, 0) is 4.74 Å².